The van der Waals surface area contributed by atoms with Gasteiger partial charge in [-0.1, -0.05) is 56.2 Å². The molecule has 0 bridgehead atoms. The van der Waals surface area contributed by atoms with Gasteiger partial charge in [-0.15, -0.1) is 0 Å². The zero-order valence-corrected chi connectivity index (χ0v) is 22.8. The molecule has 3 saturated carbocycles. The molecule has 194 valence electrons. The molecule has 1 N–H and O–H groups in total. The molecule has 0 spiro atoms. The summed E-state index contributed by atoms with van der Waals surface area (Å²) in [4.78, 5) is 24.9. The smallest absolute Gasteiger partial charge is 0.312 e. The molecule has 8 atom stereocenters. The van der Waals surface area contributed by atoms with Gasteiger partial charge in [-0.25, -0.2) is 0 Å². The molecule has 0 aromatic heterocycles. The second-order valence-corrected chi connectivity index (χ2v) is 12.9. The number of carboxylic acids is 1. The van der Waals surface area contributed by atoms with E-state index in [9.17, 15) is 14.7 Å². The fourth-order valence-corrected chi connectivity index (χ4v) is 9.10. The lowest BCUT2D eigenvalue weighted by atomic mass is 9.43. The van der Waals surface area contributed by atoms with Crippen molar-refractivity contribution in [2.45, 2.75) is 92.4 Å². The van der Waals surface area contributed by atoms with Crippen LogP contribution < -0.4 is 0 Å². The van der Waals surface area contributed by atoms with Gasteiger partial charge in [-0.05, 0) is 106 Å². The first-order chi connectivity index (χ1) is 16.4. The lowest BCUT2D eigenvalue weighted by Gasteiger charge is -2.61. The molecule has 0 heterocycles. The highest BCUT2D eigenvalue weighted by molar-refractivity contribution is 5.76. The second-order valence-electron chi connectivity index (χ2n) is 12.9. The maximum absolute atomic E-state index is 12.5. The minimum Gasteiger partial charge on any atom is -0.481 e. The minimum atomic E-state index is -0.619. The van der Waals surface area contributed by atoms with Gasteiger partial charge < -0.3 is 9.84 Å². The van der Waals surface area contributed by atoms with Gasteiger partial charge in [-0.3, -0.25) is 9.59 Å². The summed E-state index contributed by atoms with van der Waals surface area (Å²) < 4.78 is 5.09. The number of rotatable bonds is 6. The van der Waals surface area contributed by atoms with Gasteiger partial charge in [-0.2, -0.15) is 0 Å². The van der Waals surface area contributed by atoms with Crippen LogP contribution in [0.25, 0.3) is 0 Å². The number of aliphatic carboxylic acids is 1. The van der Waals surface area contributed by atoms with Crippen molar-refractivity contribution in [3.8, 4) is 0 Å². The first kappa shape index (κ1) is 26.2. The average Bonchev–Trinajstić information content (AvgIpc) is 3.07. The van der Waals surface area contributed by atoms with Gasteiger partial charge in [0.05, 0.1) is 18.9 Å². The van der Waals surface area contributed by atoms with Crippen molar-refractivity contribution < 1.29 is 19.4 Å². The molecular formula is C31H46O4. The molecular weight excluding hydrogens is 436 g/mol. The molecule has 0 amide bonds. The first-order valence-electron chi connectivity index (χ1n) is 13.7. The van der Waals surface area contributed by atoms with Gasteiger partial charge in [0.15, 0.2) is 0 Å². The van der Waals surface area contributed by atoms with E-state index in [4.69, 9.17) is 4.74 Å². The van der Waals surface area contributed by atoms with Crippen LogP contribution in [0.4, 0.5) is 0 Å². The Morgan fingerprint density at radius 2 is 1.86 bits per heavy atom. The van der Waals surface area contributed by atoms with Crippen LogP contribution in [0.3, 0.4) is 0 Å². The van der Waals surface area contributed by atoms with Crippen molar-refractivity contribution in [1.29, 1.82) is 0 Å². The SMILES string of the molecule is C=C1C(C(=O)OC)CCC2(C)C1CC=C1C2CCC2(C)C(C(CCC=C(C)C)C(=O)O)CCC12C. The number of methoxy groups -OCH3 is 1. The third-order valence-electron chi connectivity index (χ3n) is 11.4. The van der Waals surface area contributed by atoms with Crippen LogP contribution in [0.2, 0.25) is 0 Å². The Kier molecular flexibility index (Phi) is 6.92. The lowest BCUT2D eigenvalue weighted by Crippen LogP contribution is -2.54. The van der Waals surface area contributed by atoms with Gasteiger partial charge in [0, 0.05) is 0 Å². The number of carbonyl (C=O) groups excluding carboxylic acids is 1. The molecule has 4 heteroatoms. The van der Waals surface area contributed by atoms with E-state index in [-0.39, 0.29) is 40.0 Å². The quantitative estimate of drug-likeness (QED) is 0.317. The summed E-state index contributed by atoms with van der Waals surface area (Å²) >= 11 is 0. The number of hydrogen-bond donors (Lipinski definition) is 1. The Balaban J connectivity index is 1.64. The molecule has 3 fully saturated rings. The molecule has 0 radical (unpaired) electrons. The molecule has 0 aromatic carbocycles. The standard InChI is InChI=1S/C31H46O4/c1-19(2)9-8-10-22(27(32)33)24-14-17-31(6)26-12-11-23-20(3)21(28(34)35-7)13-16-29(23,4)25(26)15-18-30(24,31)5/h9,12,21-25H,3,8,10-11,13-18H2,1-2,4-7H3,(H,32,33). The third kappa shape index (κ3) is 3.94. The Morgan fingerprint density at radius 1 is 1.14 bits per heavy atom. The van der Waals surface area contributed by atoms with Crippen molar-refractivity contribution in [3.05, 3.63) is 35.5 Å². The molecule has 4 aliphatic rings. The number of fused-ring (bicyclic) bond motifs is 5. The number of esters is 1. The highest BCUT2D eigenvalue weighted by Gasteiger charge is 2.65. The molecule has 4 aliphatic carbocycles. The minimum absolute atomic E-state index is 0.00673. The topological polar surface area (TPSA) is 63.6 Å². The Morgan fingerprint density at radius 3 is 2.49 bits per heavy atom. The zero-order chi connectivity index (χ0) is 25.8. The van der Waals surface area contributed by atoms with E-state index in [0.29, 0.717) is 11.8 Å². The summed E-state index contributed by atoms with van der Waals surface area (Å²) in [6.45, 7) is 15.9. The Hall–Kier alpha value is -1.84. The molecule has 0 saturated heterocycles. The Bertz CT molecular complexity index is 955. The van der Waals surface area contributed by atoms with Gasteiger partial charge in [0.2, 0.25) is 0 Å². The van der Waals surface area contributed by atoms with Crippen LogP contribution in [-0.2, 0) is 14.3 Å². The normalized spacial score (nSPS) is 41.1. The van der Waals surface area contributed by atoms with E-state index in [1.807, 2.05) is 0 Å². The number of carbonyl (C=O) groups is 2. The molecule has 0 aromatic rings. The van der Waals surface area contributed by atoms with E-state index in [0.717, 1.165) is 63.4 Å². The van der Waals surface area contributed by atoms with Crippen molar-refractivity contribution >= 4 is 11.9 Å². The predicted octanol–water partition coefficient (Wildman–Crippen LogP) is 7.36. The number of hydrogen-bond acceptors (Lipinski definition) is 3. The summed E-state index contributed by atoms with van der Waals surface area (Å²) in [6.07, 6.45) is 13.3. The summed E-state index contributed by atoms with van der Waals surface area (Å²) in [7, 11) is 1.48. The van der Waals surface area contributed by atoms with E-state index in [1.165, 1.54) is 12.7 Å². The highest BCUT2D eigenvalue weighted by Crippen LogP contribution is 2.72. The van der Waals surface area contributed by atoms with Crippen LogP contribution >= 0.6 is 0 Å². The number of ether oxygens (including phenoxy) is 1. The monoisotopic (exact) mass is 482 g/mol. The zero-order valence-electron chi connectivity index (χ0n) is 22.8. The number of carboxylic acid groups (broad SMARTS) is 1. The summed E-state index contributed by atoms with van der Waals surface area (Å²) in [5.74, 6) is -0.194. The Labute approximate surface area is 212 Å². The van der Waals surface area contributed by atoms with E-state index in [2.05, 4.69) is 53.3 Å². The first-order valence-corrected chi connectivity index (χ1v) is 13.7. The molecule has 4 rings (SSSR count). The largest absolute Gasteiger partial charge is 0.481 e. The van der Waals surface area contributed by atoms with Crippen LogP contribution in [0.15, 0.2) is 35.5 Å². The summed E-state index contributed by atoms with van der Waals surface area (Å²) in [5.41, 5.74) is 4.07. The predicted molar refractivity (Wildman–Crippen MR) is 140 cm³/mol. The van der Waals surface area contributed by atoms with Crippen molar-refractivity contribution in [2.24, 2.45) is 45.8 Å². The summed E-state index contributed by atoms with van der Waals surface area (Å²) in [6, 6.07) is 0. The third-order valence-corrected chi connectivity index (χ3v) is 11.4. The van der Waals surface area contributed by atoms with Crippen LogP contribution in [0.1, 0.15) is 92.4 Å². The van der Waals surface area contributed by atoms with Crippen LogP contribution in [0.5, 0.6) is 0 Å². The fourth-order valence-electron chi connectivity index (χ4n) is 9.10. The average molecular weight is 483 g/mol. The van der Waals surface area contributed by atoms with E-state index in [1.54, 1.807) is 5.57 Å². The maximum Gasteiger partial charge on any atom is 0.312 e. The second kappa shape index (κ2) is 9.23. The van der Waals surface area contributed by atoms with Crippen LogP contribution in [-0.4, -0.2) is 24.2 Å². The number of allylic oxidation sites excluding steroid dienone is 4. The van der Waals surface area contributed by atoms with Crippen LogP contribution in [0, 0.1) is 45.8 Å². The molecule has 35 heavy (non-hydrogen) atoms. The van der Waals surface area contributed by atoms with Gasteiger partial charge in [0.25, 0.3) is 0 Å². The maximum atomic E-state index is 12.5. The molecule has 8 unspecified atom stereocenters. The van der Waals surface area contributed by atoms with Crippen molar-refractivity contribution in [1.82, 2.24) is 0 Å². The van der Waals surface area contributed by atoms with E-state index >= 15 is 0 Å². The summed E-state index contributed by atoms with van der Waals surface area (Å²) in [5, 5.41) is 10.3. The molecule has 0 aliphatic heterocycles. The van der Waals surface area contributed by atoms with Gasteiger partial charge >= 0.3 is 11.9 Å². The van der Waals surface area contributed by atoms with Crippen molar-refractivity contribution in [2.75, 3.05) is 7.11 Å². The highest BCUT2D eigenvalue weighted by atomic mass is 16.5. The van der Waals surface area contributed by atoms with Gasteiger partial charge in [0.1, 0.15) is 0 Å². The molecule has 4 nitrogen and oxygen atoms in total. The fraction of sp³-hybridized carbons (Fsp3) is 0.742. The lowest BCUT2D eigenvalue weighted by molar-refractivity contribution is -0.148. The van der Waals surface area contributed by atoms with E-state index < -0.39 is 5.97 Å². The van der Waals surface area contributed by atoms with Crippen molar-refractivity contribution in [3.63, 3.8) is 0 Å².